The normalized spacial score (nSPS) is 11.7. The van der Waals surface area contributed by atoms with Crippen LogP contribution >= 0.6 is 23.8 Å². The highest BCUT2D eigenvalue weighted by Crippen LogP contribution is 2.17. The van der Waals surface area contributed by atoms with E-state index in [2.05, 4.69) is 5.32 Å². The first kappa shape index (κ1) is 15.5. The topological polar surface area (TPSA) is 55.1 Å². The van der Waals surface area contributed by atoms with Crippen LogP contribution in [0.2, 0.25) is 5.02 Å². The van der Waals surface area contributed by atoms with Gasteiger partial charge in [-0.2, -0.15) is 0 Å². The van der Waals surface area contributed by atoms with Gasteiger partial charge in [0.2, 0.25) is 5.91 Å². The fourth-order valence-electron chi connectivity index (χ4n) is 2.03. The van der Waals surface area contributed by atoms with Crippen molar-refractivity contribution in [2.24, 2.45) is 5.73 Å². The Hall–Kier alpha value is -1.91. The van der Waals surface area contributed by atoms with E-state index in [9.17, 15) is 4.79 Å². The maximum atomic E-state index is 12.3. The number of hydrogen-bond acceptors (Lipinski definition) is 2. The van der Waals surface area contributed by atoms with E-state index < -0.39 is 5.92 Å². The van der Waals surface area contributed by atoms with E-state index in [0.717, 1.165) is 11.1 Å². The molecule has 0 saturated heterocycles. The second kappa shape index (κ2) is 7.20. The Morgan fingerprint density at radius 1 is 1.19 bits per heavy atom. The predicted molar refractivity (Wildman–Crippen MR) is 89.3 cm³/mol. The first-order valence-corrected chi connectivity index (χ1v) is 7.23. The molecule has 108 valence electrons. The van der Waals surface area contributed by atoms with Crippen LogP contribution in [0, 0.1) is 0 Å². The van der Waals surface area contributed by atoms with Crippen molar-refractivity contribution in [3.8, 4) is 0 Å². The van der Waals surface area contributed by atoms with Crippen LogP contribution in [0.25, 0.3) is 0 Å². The molecule has 5 heteroatoms. The van der Waals surface area contributed by atoms with E-state index in [1.807, 2.05) is 42.5 Å². The molecule has 0 bridgehead atoms. The fraction of sp³-hybridized carbons (Fsp3) is 0.125. The van der Waals surface area contributed by atoms with Gasteiger partial charge in [-0.15, -0.1) is 0 Å². The zero-order valence-corrected chi connectivity index (χ0v) is 12.8. The van der Waals surface area contributed by atoms with Gasteiger partial charge in [-0.05, 0) is 23.3 Å². The average Bonchev–Trinajstić information content (AvgIpc) is 2.46. The number of rotatable bonds is 5. The number of amides is 1. The van der Waals surface area contributed by atoms with Crippen LogP contribution in [0.4, 0.5) is 0 Å². The molecule has 1 atom stereocenters. The zero-order chi connectivity index (χ0) is 15.2. The molecule has 0 spiro atoms. The Morgan fingerprint density at radius 2 is 1.90 bits per heavy atom. The van der Waals surface area contributed by atoms with Gasteiger partial charge in [-0.25, -0.2) is 0 Å². The van der Waals surface area contributed by atoms with Gasteiger partial charge < -0.3 is 11.1 Å². The molecule has 1 unspecified atom stereocenters. The van der Waals surface area contributed by atoms with Gasteiger partial charge in [-0.3, -0.25) is 4.79 Å². The van der Waals surface area contributed by atoms with Crippen molar-refractivity contribution < 1.29 is 4.79 Å². The summed E-state index contributed by atoms with van der Waals surface area (Å²) in [7, 11) is 0. The standard InChI is InChI=1S/C16H15ClN2OS/c17-13-8-4-5-11(9-13)10-19-16(20)14(15(18)21)12-6-2-1-3-7-12/h1-9,14H,10H2,(H2,18,21)(H,19,20). The predicted octanol–water partition coefficient (Wildman–Crippen LogP) is 3.03. The van der Waals surface area contributed by atoms with Crippen LogP contribution < -0.4 is 11.1 Å². The Balaban J connectivity index is 2.08. The van der Waals surface area contributed by atoms with E-state index in [1.165, 1.54) is 0 Å². The van der Waals surface area contributed by atoms with E-state index in [1.54, 1.807) is 12.1 Å². The molecule has 3 nitrogen and oxygen atoms in total. The summed E-state index contributed by atoms with van der Waals surface area (Å²) in [6.45, 7) is 0.380. The highest BCUT2D eigenvalue weighted by molar-refractivity contribution is 7.80. The smallest absolute Gasteiger partial charge is 0.234 e. The lowest BCUT2D eigenvalue weighted by Crippen LogP contribution is -2.35. The number of hydrogen-bond donors (Lipinski definition) is 2. The van der Waals surface area contributed by atoms with Crippen molar-refractivity contribution in [1.82, 2.24) is 5.32 Å². The van der Waals surface area contributed by atoms with Crippen molar-refractivity contribution in [1.29, 1.82) is 0 Å². The number of halogens is 1. The molecule has 0 saturated carbocycles. The monoisotopic (exact) mass is 318 g/mol. The largest absolute Gasteiger partial charge is 0.392 e. The summed E-state index contributed by atoms with van der Waals surface area (Å²) in [5, 5.41) is 3.48. The molecule has 0 radical (unpaired) electrons. The Labute approximate surface area is 134 Å². The highest BCUT2D eigenvalue weighted by Gasteiger charge is 2.22. The zero-order valence-electron chi connectivity index (χ0n) is 11.3. The molecule has 2 rings (SSSR count). The summed E-state index contributed by atoms with van der Waals surface area (Å²) in [6, 6.07) is 16.6. The number of benzene rings is 2. The molecule has 21 heavy (non-hydrogen) atoms. The van der Waals surface area contributed by atoms with Crippen molar-refractivity contribution in [2.45, 2.75) is 12.5 Å². The van der Waals surface area contributed by atoms with Gasteiger partial charge in [0, 0.05) is 11.6 Å². The molecule has 0 aliphatic carbocycles. The van der Waals surface area contributed by atoms with Crippen LogP contribution in [0.15, 0.2) is 54.6 Å². The lowest BCUT2D eigenvalue weighted by atomic mass is 9.98. The minimum Gasteiger partial charge on any atom is -0.392 e. The Kier molecular flexibility index (Phi) is 5.31. The van der Waals surface area contributed by atoms with Crippen LogP contribution in [0.5, 0.6) is 0 Å². The first-order valence-electron chi connectivity index (χ1n) is 6.44. The molecule has 0 aliphatic heterocycles. The minimum atomic E-state index is -0.625. The lowest BCUT2D eigenvalue weighted by molar-refractivity contribution is -0.121. The molecule has 0 aliphatic rings. The van der Waals surface area contributed by atoms with Gasteiger partial charge in [0.25, 0.3) is 0 Å². The number of carbonyl (C=O) groups excluding carboxylic acids is 1. The second-order valence-corrected chi connectivity index (χ2v) is 5.50. The summed E-state index contributed by atoms with van der Waals surface area (Å²) < 4.78 is 0. The van der Waals surface area contributed by atoms with Crippen molar-refractivity contribution in [2.75, 3.05) is 0 Å². The molecular weight excluding hydrogens is 304 g/mol. The number of nitrogens with one attached hydrogen (secondary N) is 1. The van der Waals surface area contributed by atoms with Crippen LogP contribution in [-0.4, -0.2) is 10.9 Å². The number of carbonyl (C=O) groups is 1. The maximum Gasteiger partial charge on any atom is 0.234 e. The SMILES string of the molecule is NC(=S)C(C(=O)NCc1cccc(Cl)c1)c1ccccc1. The highest BCUT2D eigenvalue weighted by atomic mass is 35.5. The average molecular weight is 319 g/mol. The van der Waals surface area contributed by atoms with E-state index in [-0.39, 0.29) is 10.9 Å². The van der Waals surface area contributed by atoms with Crippen LogP contribution in [0.3, 0.4) is 0 Å². The number of nitrogens with two attached hydrogens (primary N) is 1. The summed E-state index contributed by atoms with van der Waals surface area (Å²) in [5.74, 6) is -0.839. The van der Waals surface area contributed by atoms with Gasteiger partial charge in [0.1, 0.15) is 5.92 Å². The van der Waals surface area contributed by atoms with E-state index in [0.29, 0.717) is 11.6 Å². The number of thiocarbonyl (C=S) groups is 1. The molecule has 2 aromatic carbocycles. The second-order valence-electron chi connectivity index (χ2n) is 4.59. The van der Waals surface area contributed by atoms with Crippen molar-refractivity contribution in [3.63, 3.8) is 0 Å². The molecule has 0 heterocycles. The summed E-state index contributed by atoms with van der Waals surface area (Å²) in [6.07, 6.45) is 0. The third-order valence-electron chi connectivity index (χ3n) is 3.04. The third kappa shape index (κ3) is 4.28. The van der Waals surface area contributed by atoms with Crippen LogP contribution in [0.1, 0.15) is 17.0 Å². The van der Waals surface area contributed by atoms with Gasteiger partial charge >= 0.3 is 0 Å². The van der Waals surface area contributed by atoms with Crippen molar-refractivity contribution in [3.05, 3.63) is 70.7 Å². The molecule has 0 aromatic heterocycles. The van der Waals surface area contributed by atoms with E-state index in [4.69, 9.17) is 29.6 Å². The summed E-state index contributed by atoms with van der Waals surface area (Å²) >= 11 is 10.9. The lowest BCUT2D eigenvalue weighted by Gasteiger charge is -2.16. The van der Waals surface area contributed by atoms with E-state index >= 15 is 0 Å². The first-order chi connectivity index (χ1) is 10.1. The molecule has 3 N–H and O–H groups in total. The molecule has 2 aromatic rings. The molecular formula is C16H15ClN2OS. The third-order valence-corrected chi connectivity index (χ3v) is 3.51. The minimum absolute atomic E-state index is 0.157. The maximum absolute atomic E-state index is 12.3. The Bertz CT molecular complexity index is 646. The Morgan fingerprint density at radius 3 is 2.52 bits per heavy atom. The van der Waals surface area contributed by atoms with Gasteiger partial charge in [-0.1, -0.05) is 66.3 Å². The van der Waals surface area contributed by atoms with Gasteiger partial charge in [0.15, 0.2) is 0 Å². The summed E-state index contributed by atoms with van der Waals surface area (Å²) in [4.78, 5) is 12.5. The van der Waals surface area contributed by atoms with Gasteiger partial charge in [0.05, 0.1) is 4.99 Å². The quantitative estimate of drug-likeness (QED) is 0.833. The molecule has 0 fully saturated rings. The molecule has 1 amide bonds. The summed E-state index contributed by atoms with van der Waals surface area (Å²) in [5.41, 5.74) is 7.42. The fourth-order valence-corrected chi connectivity index (χ4v) is 2.48. The van der Waals surface area contributed by atoms with Crippen LogP contribution in [-0.2, 0) is 11.3 Å². The van der Waals surface area contributed by atoms with Crippen molar-refractivity contribution >= 4 is 34.7 Å².